The summed E-state index contributed by atoms with van der Waals surface area (Å²) < 4.78 is 4.66. The highest BCUT2D eigenvalue weighted by atomic mass is 35.5. The molecule has 0 aromatic carbocycles. The molecule has 0 unspecified atom stereocenters. The van der Waals surface area contributed by atoms with Crippen LogP contribution >= 0.6 is 23.2 Å². The number of carbonyl (C=O) groups excluding carboxylic acids is 1. The molecule has 0 N–H and O–H groups in total. The van der Waals surface area contributed by atoms with Crippen LogP contribution in [0.2, 0.25) is 10.3 Å². The largest absolute Gasteiger partial charge is 0.468 e. The zero-order valence-corrected chi connectivity index (χ0v) is 12.0. The van der Waals surface area contributed by atoms with Gasteiger partial charge in [0.1, 0.15) is 10.3 Å². The van der Waals surface area contributed by atoms with Gasteiger partial charge in [-0.3, -0.25) is 9.69 Å². The highest BCUT2D eigenvalue weighted by Crippen LogP contribution is 2.18. The van der Waals surface area contributed by atoms with Gasteiger partial charge in [-0.1, -0.05) is 36.2 Å². The Morgan fingerprint density at radius 3 is 2.72 bits per heavy atom. The predicted molar refractivity (Wildman–Crippen MR) is 71.8 cm³/mol. The monoisotopic (exact) mass is 290 g/mol. The van der Waals surface area contributed by atoms with Gasteiger partial charge in [0.05, 0.1) is 13.7 Å². The van der Waals surface area contributed by atoms with E-state index in [1.807, 2.05) is 17.9 Å². The number of hydrogen-bond donors (Lipinski definition) is 0. The van der Waals surface area contributed by atoms with Crippen molar-refractivity contribution in [3.8, 4) is 0 Å². The summed E-state index contributed by atoms with van der Waals surface area (Å²) >= 11 is 11.7. The number of esters is 1. The van der Waals surface area contributed by atoms with Crippen LogP contribution in [0, 0.1) is 0 Å². The Hall–Kier alpha value is -0.840. The molecule has 4 nitrogen and oxygen atoms in total. The van der Waals surface area contributed by atoms with Crippen molar-refractivity contribution in [3.05, 3.63) is 28.0 Å². The van der Waals surface area contributed by atoms with Crippen molar-refractivity contribution in [2.75, 3.05) is 20.2 Å². The van der Waals surface area contributed by atoms with Crippen molar-refractivity contribution in [1.82, 2.24) is 9.88 Å². The Bertz CT molecular complexity index is 413. The fourth-order valence-electron chi connectivity index (χ4n) is 1.58. The lowest BCUT2D eigenvalue weighted by atomic mass is 10.2. The second kappa shape index (κ2) is 7.56. The maximum atomic E-state index is 11.3. The molecule has 6 heteroatoms. The van der Waals surface area contributed by atoms with Gasteiger partial charge in [-0.2, -0.15) is 0 Å². The van der Waals surface area contributed by atoms with Gasteiger partial charge in [-0.05, 0) is 19.0 Å². The molecule has 1 aromatic heterocycles. The minimum Gasteiger partial charge on any atom is -0.468 e. The molecule has 0 amide bonds. The van der Waals surface area contributed by atoms with Crippen LogP contribution in [-0.4, -0.2) is 36.1 Å². The zero-order valence-electron chi connectivity index (χ0n) is 10.4. The molecule has 0 spiro atoms. The summed E-state index contributed by atoms with van der Waals surface area (Å²) in [6, 6.07) is 3.50. The molecular formula is C12H16Cl2N2O2. The third kappa shape index (κ3) is 4.80. The van der Waals surface area contributed by atoms with Gasteiger partial charge in [0.25, 0.3) is 0 Å². The lowest BCUT2D eigenvalue weighted by Gasteiger charge is -2.20. The van der Waals surface area contributed by atoms with E-state index in [1.54, 1.807) is 6.07 Å². The van der Waals surface area contributed by atoms with Gasteiger partial charge in [-0.25, -0.2) is 4.98 Å². The maximum absolute atomic E-state index is 11.3. The number of nitrogens with zero attached hydrogens (tertiary/aromatic N) is 2. The van der Waals surface area contributed by atoms with Crippen LogP contribution in [0.1, 0.15) is 18.9 Å². The minimum absolute atomic E-state index is 0.239. The summed E-state index contributed by atoms with van der Waals surface area (Å²) in [5.41, 5.74) is 0.846. The fraction of sp³-hybridized carbons (Fsp3) is 0.500. The molecule has 0 fully saturated rings. The average Bonchev–Trinajstić information content (AvgIpc) is 2.32. The summed E-state index contributed by atoms with van der Waals surface area (Å²) in [7, 11) is 1.38. The second-order valence-electron chi connectivity index (χ2n) is 3.87. The highest BCUT2D eigenvalue weighted by Gasteiger charge is 2.13. The average molecular weight is 291 g/mol. The van der Waals surface area contributed by atoms with Gasteiger partial charge in [-0.15, -0.1) is 0 Å². The van der Waals surface area contributed by atoms with Crippen LogP contribution in [0.25, 0.3) is 0 Å². The van der Waals surface area contributed by atoms with Gasteiger partial charge < -0.3 is 4.74 Å². The number of halogens is 2. The van der Waals surface area contributed by atoms with Crippen LogP contribution in [-0.2, 0) is 16.1 Å². The molecule has 1 heterocycles. The van der Waals surface area contributed by atoms with E-state index in [0.29, 0.717) is 16.9 Å². The predicted octanol–water partition coefficient (Wildman–Crippen LogP) is 2.77. The molecule has 18 heavy (non-hydrogen) atoms. The maximum Gasteiger partial charge on any atom is 0.319 e. The Kier molecular flexibility index (Phi) is 6.39. The van der Waals surface area contributed by atoms with E-state index < -0.39 is 0 Å². The fourth-order valence-corrected chi connectivity index (χ4v) is 1.98. The number of rotatable bonds is 6. The van der Waals surface area contributed by atoms with E-state index in [0.717, 1.165) is 18.5 Å². The van der Waals surface area contributed by atoms with Gasteiger partial charge >= 0.3 is 5.97 Å². The van der Waals surface area contributed by atoms with E-state index in [9.17, 15) is 4.79 Å². The first kappa shape index (κ1) is 15.2. The van der Waals surface area contributed by atoms with Crippen LogP contribution in [0.5, 0.6) is 0 Å². The lowest BCUT2D eigenvalue weighted by Crippen LogP contribution is -2.31. The van der Waals surface area contributed by atoms with E-state index in [2.05, 4.69) is 9.72 Å². The molecule has 1 rings (SSSR count). The molecule has 0 saturated carbocycles. The van der Waals surface area contributed by atoms with Crippen LogP contribution in [0.4, 0.5) is 0 Å². The number of pyridine rings is 1. The van der Waals surface area contributed by atoms with E-state index in [4.69, 9.17) is 23.2 Å². The molecule has 100 valence electrons. The van der Waals surface area contributed by atoms with Crippen molar-refractivity contribution in [2.45, 2.75) is 19.9 Å². The molecule has 0 bridgehead atoms. The van der Waals surface area contributed by atoms with Crippen molar-refractivity contribution in [2.24, 2.45) is 0 Å². The molecule has 0 aliphatic heterocycles. The normalized spacial score (nSPS) is 10.7. The first-order valence-corrected chi connectivity index (χ1v) is 6.42. The Labute approximate surface area is 117 Å². The molecular weight excluding hydrogens is 275 g/mol. The SMILES string of the molecule is CCCN(CC(=O)OC)Cc1ccc(Cl)nc1Cl. The summed E-state index contributed by atoms with van der Waals surface area (Å²) in [6.45, 7) is 3.62. The zero-order chi connectivity index (χ0) is 13.5. The smallest absolute Gasteiger partial charge is 0.319 e. The topological polar surface area (TPSA) is 42.4 Å². The number of methoxy groups -OCH3 is 1. The number of ether oxygens (including phenoxy) is 1. The standard InChI is InChI=1S/C12H16Cl2N2O2/c1-3-6-16(8-11(17)18-2)7-9-4-5-10(13)15-12(9)14/h4-5H,3,6-8H2,1-2H3. The quantitative estimate of drug-likeness (QED) is 0.597. The lowest BCUT2D eigenvalue weighted by molar-refractivity contribution is -0.142. The van der Waals surface area contributed by atoms with Crippen molar-refractivity contribution in [1.29, 1.82) is 0 Å². The first-order chi connectivity index (χ1) is 8.56. The van der Waals surface area contributed by atoms with Crippen molar-refractivity contribution < 1.29 is 9.53 Å². The molecule has 0 radical (unpaired) electrons. The van der Waals surface area contributed by atoms with Crippen molar-refractivity contribution >= 4 is 29.2 Å². The number of carbonyl (C=O) groups is 1. The van der Waals surface area contributed by atoms with E-state index in [-0.39, 0.29) is 12.5 Å². The first-order valence-electron chi connectivity index (χ1n) is 5.67. The summed E-state index contributed by atoms with van der Waals surface area (Å²) in [5, 5.41) is 0.729. The Morgan fingerprint density at radius 1 is 1.44 bits per heavy atom. The van der Waals surface area contributed by atoms with Crippen LogP contribution in [0.15, 0.2) is 12.1 Å². The summed E-state index contributed by atoms with van der Waals surface area (Å²) in [6.07, 6.45) is 0.940. The highest BCUT2D eigenvalue weighted by molar-refractivity contribution is 6.32. The second-order valence-corrected chi connectivity index (χ2v) is 4.62. The van der Waals surface area contributed by atoms with Crippen LogP contribution in [0.3, 0.4) is 0 Å². The summed E-state index contributed by atoms with van der Waals surface area (Å²) in [4.78, 5) is 17.2. The number of aromatic nitrogens is 1. The van der Waals surface area contributed by atoms with E-state index >= 15 is 0 Å². The van der Waals surface area contributed by atoms with Gasteiger partial charge in [0.2, 0.25) is 0 Å². The molecule has 0 atom stereocenters. The van der Waals surface area contributed by atoms with E-state index in [1.165, 1.54) is 7.11 Å². The van der Waals surface area contributed by atoms with Crippen LogP contribution < -0.4 is 0 Å². The van der Waals surface area contributed by atoms with Gasteiger partial charge in [0.15, 0.2) is 0 Å². The molecule has 1 aromatic rings. The Balaban J connectivity index is 2.72. The molecule has 0 aliphatic carbocycles. The minimum atomic E-state index is -0.263. The Morgan fingerprint density at radius 2 is 2.17 bits per heavy atom. The molecule has 0 saturated heterocycles. The summed E-state index contributed by atoms with van der Waals surface area (Å²) in [5.74, 6) is -0.263. The third-order valence-electron chi connectivity index (χ3n) is 2.41. The number of hydrogen-bond acceptors (Lipinski definition) is 4. The molecule has 0 aliphatic rings. The van der Waals surface area contributed by atoms with Gasteiger partial charge in [0, 0.05) is 12.1 Å². The van der Waals surface area contributed by atoms with Crippen molar-refractivity contribution in [3.63, 3.8) is 0 Å². The third-order valence-corrected chi connectivity index (χ3v) is 2.94.